The lowest BCUT2D eigenvalue weighted by Gasteiger charge is -2.23. The van der Waals surface area contributed by atoms with Gasteiger partial charge in [0.25, 0.3) is 0 Å². The van der Waals surface area contributed by atoms with Crippen molar-refractivity contribution in [3.63, 3.8) is 0 Å². The van der Waals surface area contributed by atoms with Crippen molar-refractivity contribution in [2.45, 2.75) is 19.3 Å². The summed E-state index contributed by atoms with van der Waals surface area (Å²) in [5.41, 5.74) is 0.883. The predicted molar refractivity (Wildman–Crippen MR) is 61.0 cm³/mol. The Morgan fingerprint density at radius 3 is 2.53 bits per heavy atom. The molecule has 2 rings (SSSR count). The lowest BCUT2D eigenvalue weighted by atomic mass is 9.89. The van der Waals surface area contributed by atoms with Crippen LogP contribution in [-0.2, 0) is 6.42 Å². The Kier molecular flexibility index (Phi) is 3.84. The number of aldehydes is 1. The molecule has 1 heterocycles. The van der Waals surface area contributed by atoms with Crippen LogP contribution >= 0.6 is 0 Å². The van der Waals surface area contributed by atoms with E-state index in [1.54, 1.807) is 0 Å². The van der Waals surface area contributed by atoms with Gasteiger partial charge >= 0.3 is 0 Å². The molecule has 1 fully saturated rings. The van der Waals surface area contributed by atoms with Gasteiger partial charge in [-0.05, 0) is 56.0 Å². The van der Waals surface area contributed by atoms with E-state index >= 15 is 0 Å². The minimum absolute atomic E-state index is 0.266. The largest absolute Gasteiger partial charge is 0.317 e. The van der Waals surface area contributed by atoms with Gasteiger partial charge in [0.05, 0.1) is 0 Å². The van der Waals surface area contributed by atoms with Crippen molar-refractivity contribution in [1.29, 1.82) is 0 Å². The molecule has 1 aromatic carbocycles. The molecule has 1 aromatic rings. The molecule has 0 aromatic heterocycles. The highest BCUT2D eigenvalue weighted by atomic mass is 19.2. The number of benzene rings is 1. The third-order valence-electron chi connectivity index (χ3n) is 3.28. The Balaban J connectivity index is 2.18. The Labute approximate surface area is 99.0 Å². The number of piperidine rings is 1. The second-order valence-corrected chi connectivity index (χ2v) is 4.48. The van der Waals surface area contributed by atoms with Gasteiger partial charge in [0, 0.05) is 5.56 Å². The van der Waals surface area contributed by atoms with Crippen molar-refractivity contribution >= 4 is 6.29 Å². The number of hydrogen-bond donors (Lipinski definition) is 1. The number of hydrogen-bond acceptors (Lipinski definition) is 2. The minimum Gasteiger partial charge on any atom is -0.317 e. The SMILES string of the molecule is O=Cc1cc(F)c(F)cc1CC1CCNCC1. The summed E-state index contributed by atoms with van der Waals surface area (Å²) in [5.74, 6) is -1.39. The first kappa shape index (κ1) is 12.2. The number of nitrogens with one attached hydrogen (secondary N) is 1. The third-order valence-corrected chi connectivity index (χ3v) is 3.28. The molecule has 0 atom stereocenters. The van der Waals surface area contributed by atoms with Crippen LogP contribution in [0.3, 0.4) is 0 Å². The number of carbonyl (C=O) groups is 1. The van der Waals surface area contributed by atoms with Crippen LogP contribution in [0.2, 0.25) is 0 Å². The summed E-state index contributed by atoms with van der Waals surface area (Å²) < 4.78 is 26.1. The molecule has 0 unspecified atom stereocenters. The van der Waals surface area contributed by atoms with Gasteiger partial charge in [-0.3, -0.25) is 4.79 Å². The van der Waals surface area contributed by atoms with E-state index in [1.165, 1.54) is 0 Å². The van der Waals surface area contributed by atoms with E-state index in [9.17, 15) is 13.6 Å². The smallest absolute Gasteiger partial charge is 0.159 e. The Morgan fingerprint density at radius 1 is 1.24 bits per heavy atom. The Hall–Kier alpha value is -1.29. The highest BCUT2D eigenvalue weighted by Gasteiger charge is 2.17. The predicted octanol–water partition coefficient (Wildman–Crippen LogP) is 2.32. The molecule has 0 saturated carbocycles. The molecule has 0 aliphatic carbocycles. The van der Waals surface area contributed by atoms with Gasteiger partial charge in [-0.1, -0.05) is 0 Å². The van der Waals surface area contributed by atoms with Gasteiger partial charge in [0.15, 0.2) is 11.6 Å². The monoisotopic (exact) mass is 239 g/mol. The van der Waals surface area contributed by atoms with Crippen LogP contribution in [-0.4, -0.2) is 19.4 Å². The maximum Gasteiger partial charge on any atom is 0.159 e. The molecular formula is C13H15F2NO. The molecule has 2 nitrogen and oxygen atoms in total. The number of carbonyl (C=O) groups excluding carboxylic acids is 1. The maximum atomic E-state index is 13.1. The summed E-state index contributed by atoms with van der Waals surface area (Å²) >= 11 is 0. The first-order valence-corrected chi connectivity index (χ1v) is 5.84. The number of rotatable bonds is 3. The minimum atomic E-state index is -0.957. The summed E-state index contributed by atoms with van der Waals surface area (Å²) in [7, 11) is 0. The topological polar surface area (TPSA) is 29.1 Å². The zero-order chi connectivity index (χ0) is 12.3. The van der Waals surface area contributed by atoms with E-state index in [2.05, 4.69) is 5.32 Å². The van der Waals surface area contributed by atoms with Crippen molar-refractivity contribution in [1.82, 2.24) is 5.32 Å². The molecule has 0 radical (unpaired) electrons. The van der Waals surface area contributed by atoms with Crippen LogP contribution in [0.4, 0.5) is 8.78 Å². The third kappa shape index (κ3) is 2.88. The first-order valence-electron chi connectivity index (χ1n) is 5.84. The molecular weight excluding hydrogens is 224 g/mol. The average molecular weight is 239 g/mol. The second-order valence-electron chi connectivity index (χ2n) is 4.48. The summed E-state index contributed by atoms with van der Waals surface area (Å²) in [6.07, 6.45) is 3.26. The van der Waals surface area contributed by atoms with Crippen molar-refractivity contribution in [2.24, 2.45) is 5.92 Å². The van der Waals surface area contributed by atoms with Gasteiger partial charge in [0.1, 0.15) is 6.29 Å². The van der Waals surface area contributed by atoms with E-state index in [0.29, 0.717) is 24.2 Å². The van der Waals surface area contributed by atoms with Crippen LogP contribution in [0.25, 0.3) is 0 Å². The average Bonchev–Trinajstić information content (AvgIpc) is 2.35. The lowest BCUT2D eigenvalue weighted by Crippen LogP contribution is -2.28. The van der Waals surface area contributed by atoms with Crippen molar-refractivity contribution in [3.8, 4) is 0 Å². The summed E-state index contributed by atoms with van der Waals surface area (Å²) in [6.45, 7) is 1.90. The highest BCUT2D eigenvalue weighted by molar-refractivity contribution is 5.77. The molecule has 17 heavy (non-hydrogen) atoms. The zero-order valence-electron chi connectivity index (χ0n) is 9.51. The molecule has 1 aliphatic heterocycles. The van der Waals surface area contributed by atoms with Crippen LogP contribution in [0.1, 0.15) is 28.8 Å². The quantitative estimate of drug-likeness (QED) is 0.820. The lowest BCUT2D eigenvalue weighted by molar-refractivity contribution is 0.112. The van der Waals surface area contributed by atoms with Gasteiger partial charge in [-0.25, -0.2) is 8.78 Å². The molecule has 4 heteroatoms. The summed E-state index contributed by atoms with van der Waals surface area (Å²) in [6, 6.07) is 2.14. The van der Waals surface area contributed by atoms with Crippen molar-refractivity contribution < 1.29 is 13.6 Å². The van der Waals surface area contributed by atoms with Gasteiger partial charge in [-0.15, -0.1) is 0 Å². The fraction of sp³-hybridized carbons (Fsp3) is 0.462. The molecule has 0 spiro atoms. The Morgan fingerprint density at radius 2 is 1.88 bits per heavy atom. The molecule has 1 N–H and O–H groups in total. The second kappa shape index (κ2) is 5.36. The zero-order valence-corrected chi connectivity index (χ0v) is 9.51. The van der Waals surface area contributed by atoms with Crippen LogP contribution < -0.4 is 5.32 Å². The molecule has 0 bridgehead atoms. The summed E-state index contributed by atoms with van der Waals surface area (Å²) in [5, 5.41) is 3.25. The van der Waals surface area contributed by atoms with E-state index in [0.717, 1.165) is 38.1 Å². The molecule has 0 amide bonds. The Bertz CT molecular complexity index is 414. The van der Waals surface area contributed by atoms with E-state index in [1.807, 2.05) is 0 Å². The normalized spacial score (nSPS) is 17.1. The molecule has 1 aliphatic rings. The van der Waals surface area contributed by atoms with Gasteiger partial charge in [-0.2, -0.15) is 0 Å². The van der Waals surface area contributed by atoms with Crippen molar-refractivity contribution in [2.75, 3.05) is 13.1 Å². The van der Waals surface area contributed by atoms with Gasteiger partial charge < -0.3 is 5.32 Å². The van der Waals surface area contributed by atoms with Gasteiger partial charge in [0.2, 0.25) is 0 Å². The summed E-state index contributed by atoms with van der Waals surface area (Å²) in [4.78, 5) is 10.8. The molecule has 92 valence electrons. The van der Waals surface area contributed by atoms with E-state index in [-0.39, 0.29) is 5.56 Å². The van der Waals surface area contributed by atoms with Crippen LogP contribution in [0, 0.1) is 17.6 Å². The fourth-order valence-electron chi connectivity index (χ4n) is 2.29. The van der Waals surface area contributed by atoms with Crippen molar-refractivity contribution in [3.05, 3.63) is 34.9 Å². The van der Waals surface area contributed by atoms with Crippen LogP contribution in [0.15, 0.2) is 12.1 Å². The fourth-order valence-corrected chi connectivity index (χ4v) is 2.29. The van der Waals surface area contributed by atoms with Crippen LogP contribution in [0.5, 0.6) is 0 Å². The first-order chi connectivity index (χ1) is 8.20. The maximum absolute atomic E-state index is 13.1. The molecule has 1 saturated heterocycles. The number of halogens is 2. The van der Waals surface area contributed by atoms with E-state index < -0.39 is 11.6 Å². The highest BCUT2D eigenvalue weighted by Crippen LogP contribution is 2.22. The standard InChI is InChI=1S/C13H15F2NO/c14-12-6-10(11(8-17)7-13(12)15)5-9-1-3-16-4-2-9/h6-9,16H,1-5H2. The van der Waals surface area contributed by atoms with E-state index in [4.69, 9.17) is 0 Å².